The smallest absolute Gasteiger partial charge is 0.254 e. The first-order valence-corrected chi connectivity index (χ1v) is 2.70. The summed E-state index contributed by atoms with van der Waals surface area (Å²) in [6, 6.07) is 0. The summed E-state index contributed by atoms with van der Waals surface area (Å²) in [7, 11) is 8.36. The lowest BCUT2D eigenvalue weighted by Crippen LogP contribution is -2.27. The minimum atomic E-state index is -0.137. The molecule has 0 saturated carbocycles. The highest BCUT2D eigenvalue weighted by molar-refractivity contribution is 6.04. The van der Waals surface area contributed by atoms with E-state index in [9.17, 15) is 4.79 Å². The number of quaternary nitrogens is 1. The van der Waals surface area contributed by atoms with Crippen LogP contribution in [-0.2, 0) is 9.45 Å². The van der Waals surface area contributed by atoms with E-state index in [1.165, 1.54) is 6.92 Å². The average molecular weight is 147 g/mol. The summed E-state index contributed by atoms with van der Waals surface area (Å²) in [6.45, 7) is 1.42. The molecule has 0 aliphatic heterocycles. The second kappa shape index (κ2) is 5.29. The molecule has 0 spiro atoms. The van der Waals surface area contributed by atoms with Crippen molar-refractivity contribution < 1.29 is 13.9 Å². The van der Waals surface area contributed by atoms with E-state index in [4.69, 9.17) is 0 Å². The maximum atomic E-state index is 9.65. The first-order chi connectivity index (χ1) is 4.27. The van der Waals surface area contributed by atoms with Crippen LogP contribution < -0.4 is 0 Å². The molecule has 0 saturated heterocycles. The molecule has 0 fully saturated rings. The number of carbonyl (C=O) groups excluding carboxylic acids is 1. The largest absolute Gasteiger partial charge is 0.697 e. The minimum Gasteiger partial charge on any atom is -0.697 e. The Bertz CT molecular complexity index is 92.4. The Hall–Kier alpha value is -0.505. The lowest BCUT2D eigenvalue weighted by Gasteiger charge is -2.14. The number of hydrogen-bond donors (Lipinski definition) is 0. The molecule has 0 amide bonds. The number of hydrogen-bond acceptors (Lipinski definition) is 2. The Morgan fingerprint density at radius 1 is 1.30 bits per heavy atom. The van der Waals surface area contributed by atoms with Crippen LogP contribution in [0.4, 0.5) is 0 Å². The van der Waals surface area contributed by atoms with Crippen molar-refractivity contribution in [3.05, 3.63) is 0 Å². The van der Waals surface area contributed by atoms with Gasteiger partial charge in [0.1, 0.15) is 8.05 Å². The van der Waals surface area contributed by atoms with Crippen molar-refractivity contribution in [1.82, 2.24) is 0 Å². The Labute approximate surface area is 64.0 Å². The van der Waals surface area contributed by atoms with Crippen LogP contribution in [0, 0.1) is 0 Å². The van der Waals surface area contributed by atoms with Crippen LogP contribution >= 0.6 is 0 Å². The summed E-state index contributed by atoms with van der Waals surface area (Å²) in [4.78, 5) is 9.65. The highest BCUT2D eigenvalue weighted by Gasteiger charge is 1.88. The van der Waals surface area contributed by atoms with Gasteiger partial charge in [-0.1, -0.05) is 0 Å². The SMILES string of the molecule is C[N+](C)(C)C.[BH3-]OC(C)=O. The van der Waals surface area contributed by atoms with E-state index in [-0.39, 0.29) is 14.0 Å². The average Bonchev–Trinajstić information content (AvgIpc) is 1.61. The predicted molar refractivity (Wildman–Crippen MR) is 45.7 cm³/mol. The Morgan fingerprint density at radius 2 is 1.40 bits per heavy atom. The van der Waals surface area contributed by atoms with Crippen molar-refractivity contribution in [3.8, 4) is 0 Å². The molecule has 0 bridgehead atoms. The predicted octanol–water partition coefficient (Wildman–Crippen LogP) is -0.848. The quantitative estimate of drug-likeness (QED) is 0.329. The maximum absolute atomic E-state index is 9.65. The molecule has 0 rings (SSSR count). The molecule has 0 aliphatic rings. The van der Waals surface area contributed by atoms with E-state index in [0.717, 1.165) is 4.48 Å². The first-order valence-electron chi connectivity index (χ1n) is 2.70. The zero-order valence-electron chi connectivity index (χ0n) is 6.76. The van der Waals surface area contributed by atoms with Crippen molar-refractivity contribution in [1.29, 1.82) is 0 Å². The second-order valence-electron chi connectivity index (χ2n) is 3.17. The molecule has 4 heteroatoms. The standard InChI is InChI=1S/C4H12N.C2H6BO2/c1-5(2,3)4;1-2(4)5-3/h1-4H3;1,3H3/q+1;-1. The molecule has 0 radical (unpaired) electrons. The van der Waals surface area contributed by atoms with Gasteiger partial charge in [-0.2, -0.15) is 0 Å². The van der Waals surface area contributed by atoms with Crippen LogP contribution in [0.1, 0.15) is 6.92 Å². The molecule has 0 atom stereocenters. The lowest BCUT2D eigenvalue weighted by atomic mass is 10.6. The molecule has 3 nitrogen and oxygen atoms in total. The fourth-order valence-corrected chi connectivity index (χ4v) is 0. The number of carbonyl (C=O) groups is 1. The van der Waals surface area contributed by atoms with Crippen molar-refractivity contribution in [3.63, 3.8) is 0 Å². The second-order valence-corrected chi connectivity index (χ2v) is 3.17. The fourth-order valence-electron chi connectivity index (χ4n) is 0. The van der Waals surface area contributed by atoms with Crippen LogP contribution in [0.15, 0.2) is 0 Å². The van der Waals surface area contributed by atoms with Crippen molar-refractivity contribution in [2.24, 2.45) is 0 Å². The molecule has 62 valence electrons. The topological polar surface area (TPSA) is 26.3 Å². The van der Waals surface area contributed by atoms with Gasteiger partial charge in [-0.3, -0.25) is 4.79 Å². The highest BCUT2D eigenvalue weighted by Crippen LogP contribution is 1.73. The molecule has 0 heterocycles. The van der Waals surface area contributed by atoms with Crippen LogP contribution in [0.25, 0.3) is 0 Å². The molecule has 0 unspecified atom stereocenters. The minimum absolute atomic E-state index is 0.134. The van der Waals surface area contributed by atoms with Crippen LogP contribution in [0.5, 0.6) is 0 Å². The fraction of sp³-hybridized carbons (Fsp3) is 0.833. The van der Waals surface area contributed by atoms with E-state index in [2.05, 4.69) is 32.8 Å². The summed E-state index contributed by atoms with van der Waals surface area (Å²) >= 11 is 0. The molecule has 0 N–H and O–H groups in total. The van der Waals surface area contributed by atoms with E-state index < -0.39 is 0 Å². The third kappa shape index (κ3) is 141. The van der Waals surface area contributed by atoms with E-state index in [0.29, 0.717) is 0 Å². The third-order valence-corrected chi connectivity index (χ3v) is 0. The van der Waals surface area contributed by atoms with Gasteiger partial charge in [0.25, 0.3) is 5.97 Å². The zero-order valence-corrected chi connectivity index (χ0v) is 6.76. The summed E-state index contributed by atoms with van der Waals surface area (Å²) in [5.74, 6) is -0.134. The third-order valence-electron chi connectivity index (χ3n) is 0. The zero-order chi connectivity index (χ0) is 8.78. The Morgan fingerprint density at radius 3 is 1.40 bits per heavy atom. The van der Waals surface area contributed by atoms with Gasteiger partial charge in [-0.05, 0) is 0 Å². The molecular formula is C6H18BNO2. The van der Waals surface area contributed by atoms with Gasteiger partial charge < -0.3 is 9.14 Å². The summed E-state index contributed by atoms with van der Waals surface area (Å²) in [6.07, 6.45) is 0. The Kier molecular flexibility index (Phi) is 6.46. The highest BCUT2D eigenvalue weighted by atomic mass is 16.5. The van der Waals surface area contributed by atoms with Gasteiger partial charge in [-0.15, -0.1) is 0 Å². The Balaban J connectivity index is 0. The molecule has 10 heavy (non-hydrogen) atoms. The maximum Gasteiger partial charge on any atom is 0.254 e. The van der Waals surface area contributed by atoms with E-state index in [1.807, 2.05) is 0 Å². The lowest BCUT2D eigenvalue weighted by molar-refractivity contribution is -0.849. The van der Waals surface area contributed by atoms with E-state index >= 15 is 0 Å². The molecule has 0 aromatic heterocycles. The van der Waals surface area contributed by atoms with E-state index in [1.54, 1.807) is 0 Å². The normalized spacial score (nSPS) is 9.40. The van der Waals surface area contributed by atoms with Gasteiger partial charge >= 0.3 is 0 Å². The number of nitrogens with zero attached hydrogens (tertiary/aromatic N) is 1. The van der Waals surface area contributed by atoms with Crippen molar-refractivity contribution >= 4 is 14.0 Å². The molecule has 0 aliphatic carbocycles. The molecule has 0 aromatic carbocycles. The van der Waals surface area contributed by atoms with Crippen molar-refractivity contribution in [2.75, 3.05) is 28.2 Å². The van der Waals surface area contributed by atoms with Gasteiger partial charge in [0.2, 0.25) is 0 Å². The summed E-state index contributed by atoms with van der Waals surface area (Å²) < 4.78 is 5.36. The molecule has 0 aromatic rings. The first kappa shape index (κ1) is 12.2. The van der Waals surface area contributed by atoms with Crippen LogP contribution in [0.2, 0.25) is 0 Å². The molecular weight excluding hydrogens is 129 g/mol. The van der Waals surface area contributed by atoms with Crippen molar-refractivity contribution in [2.45, 2.75) is 6.92 Å². The summed E-state index contributed by atoms with van der Waals surface area (Å²) in [5.41, 5.74) is 0. The van der Waals surface area contributed by atoms with Crippen LogP contribution in [0.3, 0.4) is 0 Å². The summed E-state index contributed by atoms with van der Waals surface area (Å²) in [5, 5.41) is 0. The number of rotatable bonds is 0. The van der Waals surface area contributed by atoms with Gasteiger partial charge in [0.05, 0.1) is 28.2 Å². The van der Waals surface area contributed by atoms with Crippen LogP contribution in [-0.4, -0.2) is 46.7 Å². The van der Waals surface area contributed by atoms with Gasteiger partial charge in [0.15, 0.2) is 0 Å². The van der Waals surface area contributed by atoms with Gasteiger partial charge in [0, 0.05) is 6.92 Å². The monoisotopic (exact) mass is 147 g/mol. The van der Waals surface area contributed by atoms with Gasteiger partial charge in [-0.25, -0.2) is 0 Å².